The number of nitrogens with zero attached hydrogens (tertiary/aromatic N) is 2. The summed E-state index contributed by atoms with van der Waals surface area (Å²) < 4.78 is 1.04. The van der Waals surface area contributed by atoms with Crippen LogP contribution >= 0.6 is 27.7 Å². The number of carbonyl (C=O) groups excluding carboxylic acids is 1. The molecule has 1 amide bonds. The summed E-state index contributed by atoms with van der Waals surface area (Å²) in [6.07, 6.45) is 6.26. The number of hydrogen-bond acceptors (Lipinski definition) is 4. The highest BCUT2D eigenvalue weighted by Gasteiger charge is 2.22. The van der Waals surface area contributed by atoms with Crippen molar-refractivity contribution in [2.24, 2.45) is 0 Å². The molecule has 0 aliphatic carbocycles. The predicted octanol–water partition coefficient (Wildman–Crippen LogP) is 4.99. The van der Waals surface area contributed by atoms with Crippen LogP contribution in [0.5, 0.6) is 0 Å². The minimum atomic E-state index is -0.0188. The van der Waals surface area contributed by atoms with Gasteiger partial charge in [-0.1, -0.05) is 41.0 Å². The van der Waals surface area contributed by atoms with Crippen LogP contribution in [0.1, 0.15) is 43.0 Å². The molecular formula is C21H26BrN3OS. The summed E-state index contributed by atoms with van der Waals surface area (Å²) in [5, 5.41) is 3.97. The van der Waals surface area contributed by atoms with Crippen LogP contribution in [0.25, 0.3) is 0 Å². The van der Waals surface area contributed by atoms with Gasteiger partial charge in [-0.3, -0.25) is 4.79 Å². The maximum atomic E-state index is 12.8. The van der Waals surface area contributed by atoms with Crippen molar-refractivity contribution in [1.82, 2.24) is 15.2 Å². The van der Waals surface area contributed by atoms with E-state index in [0.717, 1.165) is 40.3 Å². The van der Waals surface area contributed by atoms with Gasteiger partial charge < -0.3 is 10.2 Å². The number of unbranched alkanes of at least 4 members (excludes halogenated alkanes) is 1. The van der Waals surface area contributed by atoms with Crippen molar-refractivity contribution in [2.45, 2.75) is 48.6 Å². The van der Waals surface area contributed by atoms with E-state index in [9.17, 15) is 4.79 Å². The first kappa shape index (κ1) is 20.4. The molecule has 0 spiro atoms. The first-order valence-corrected chi connectivity index (χ1v) is 11.2. The van der Waals surface area contributed by atoms with Crippen LogP contribution in [0.2, 0.25) is 0 Å². The lowest BCUT2D eigenvalue weighted by molar-refractivity contribution is 0.0907. The molecule has 0 saturated carbocycles. The fourth-order valence-corrected chi connectivity index (χ4v) is 4.35. The summed E-state index contributed by atoms with van der Waals surface area (Å²) in [6, 6.07) is 12.0. The van der Waals surface area contributed by atoms with E-state index in [1.165, 1.54) is 31.1 Å². The standard InChI is InChI=1S/C21H26BrN3OS/c1-2-3-13-25-14-10-17(11-15-25)24-20(26)19-5-4-12-23-21(19)27-18-8-6-16(22)7-9-18/h4-9,12,17H,2-3,10-11,13-15H2,1H3,(H,24,26). The van der Waals surface area contributed by atoms with Crippen LogP contribution in [0.4, 0.5) is 0 Å². The highest BCUT2D eigenvalue weighted by Crippen LogP contribution is 2.29. The highest BCUT2D eigenvalue weighted by atomic mass is 79.9. The monoisotopic (exact) mass is 447 g/mol. The number of likely N-dealkylation sites (tertiary alicyclic amines) is 1. The van der Waals surface area contributed by atoms with Crippen LogP contribution in [0.3, 0.4) is 0 Å². The summed E-state index contributed by atoms with van der Waals surface area (Å²) in [7, 11) is 0. The van der Waals surface area contributed by atoms with Crippen molar-refractivity contribution in [3.63, 3.8) is 0 Å². The second-order valence-corrected chi connectivity index (χ2v) is 8.83. The molecule has 1 aliphatic heterocycles. The van der Waals surface area contributed by atoms with Gasteiger partial charge in [0, 0.05) is 34.7 Å². The molecule has 27 heavy (non-hydrogen) atoms. The molecule has 1 saturated heterocycles. The Bertz CT molecular complexity index is 745. The van der Waals surface area contributed by atoms with Crippen molar-refractivity contribution in [3.8, 4) is 0 Å². The van der Waals surface area contributed by atoms with Gasteiger partial charge in [-0.15, -0.1) is 0 Å². The van der Waals surface area contributed by atoms with Crippen LogP contribution in [0.15, 0.2) is 57.0 Å². The van der Waals surface area contributed by atoms with E-state index in [2.05, 4.69) is 38.1 Å². The van der Waals surface area contributed by atoms with E-state index in [-0.39, 0.29) is 11.9 Å². The predicted molar refractivity (Wildman–Crippen MR) is 114 cm³/mol. The van der Waals surface area contributed by atoms with Gasteiger partial charge in [-0.25, -0.2) is 4.98 Å². The first-order chi connectivity index (χ1) is 13.2. The third-order valence-corrected chi connectivity index (χ3v) is 6.35. The number of piperidine rings is 1. The molecule has 144 valence electrons. The molecule has 0 bridgehead atoms. The van der Waals surface area contributed by atoms with Gasteiger partial charge in [0.1, 0.15) is 5.03 Å². The van der Waals surface area contributed by atoms with Crippen LogP contribution in [-0.4, -0.2) is 41.5 Å². The molecule has 2 heterocycles. The largest absolute Gasteiger partial charge is 0.349 e. The Labute approximate surface area is 174 Å². The number of carbonyl (C=O) groups is 1. The van der Waals surface area contributed by atoms with Crippen molar-refractivity contribution in [1.29, 1.82) is 0 Å². The van der Waals surface area contributed by atoms with E-state index in [1.807, 2.05) is 36.4 Å². The second-order valence-electron chi connectivity index (χ2n) is 6.86. The third kappa shape index (κ3) is 6.06. The Kier molecular flexibility index (Phi) is 7.73. The van der Waals surface area contributed by atoms with Crippen molar-refractivity contribution < 1.29 is 4.79 Å². The molecule has 1 aromatic heterocycles. The van der Waals surface area contributed by atoms with Gasteiger partial charge in [0.2, 0.25) is 0 Å². The number of pyridine rings is 1. The molecule has 2 aromatic rings. The molecule has 3 rings (SSSR count). The summed E-state index contributed by atoms with van der Waals surface area (Å²) in [5.74, 6) is -0.0188. The number of hydrogen-bond donors (Lipinski definition) is 1. The summed E-state index contributed by atoms with van der Waals surface area (Å²) in [4.78, 5) is 20.9. The molecule has 1 fully saturated rings. The number of benzene rings is 1. The average Bonchev–Trinajstić information content (AvgIpc) is 2.69. The Morgan fingerprint density at radius 1 is 1.26 bits per heavy atom. The van der Waals surface area contributed by atoms with Crippen LogP contribution in [-0.2, 0) is 0 Å². The molecule has 1 aromatic carbocycles. The number of rotatable bonds is 7. The SMILES string of the molecule is CCCCN1CCC(NC(=O)c2cccnc2Sc2ccc(Br)cc2)CC1. The third-order valence-electron chi connectivity index (χ3n) is 4.79. The zero-order chi connectivity index (χ0) is 19.1. The fourth-order valence-electron chi connectivity index (χ4n) is 3.21. The number of amides is 1. The maximum absolute atomic E-state index is 12.8. The Hall–Kier alpha value is -1.37. The normalized spacial score (nSPS) is 15.6. The van der Waals surface area contributed by atoms with Gasteiger partial charge >= 0.3 is 0 Å². The van der Waals surface area contributed by atoms with Gasteiger partial charge in [-0.05, 0) is 62.2 Å². The number of nitrogens with one attached hydrogen (secondary N) is 1. The number of halogens is 1. The lowest BCUT2D eigenvalue weighted by Crippen LogP contribution is -2.45. The van der Waals surface area contributed by atoms with E-state index in [0.29, 0.717) is 5.56 Å². The Morgan fingerprint density at radius 2 is 2.00 bits per heavy atom. The molecule has 0 atom stereocenters. The topological polar surface area (TPSA) is 45.2 Å². The van der Waals surface area contributed by atoms with Crippen LogP contribution in [0, 0.1) is 0 Å². The molecule has 0 radical (unpaired) electrons. The van der Waals surface area contributed by atoms with Crippen LogP contribution < -0.4 is 5.32 Å². The van der Waals surface area contributed by atoms with Crippen molar-refractivity contribution in [2.75, 3.05) is 19.6 Å². The Morgan fingerprint density at radius 3 is 2.70 bits per heavy atom. The zero-order valence-electron chi connectivity index (χ0n) is 15.7. The van der Waals surface area contributed by atoms with E-state index >= 15 is 0 Å². The Balaban J connectivity index is 1.60. The minimum Gasteiger partial charge on any atom is -0.349 e. The van der Waals surface area contributed by atoms with E-state index < -0.39 is 0 Å². The highest BCUT2D eigenvalue weighted by molar-refractivity contribution is 9.10. The molecular weight excluding hydrogens is 422 g/mol. The molecule has 0 unspecified atom stereocenters. The maximum Gasteiger partial charge on any atom is 0.254 e. The molecule has 6 heteroatoms. The van der Waals surface area contributed by atoms with Gasteiger partial charge in [-0.2, -0.15) is 0 Å². The van der Waals surface area contributed by atoms with Gasteiger partial charge in [0.15, 0.2) is 0 Å². The fraction of sp³-hybridized carbons (Fsp3) is 0.429. The van der Waals surface area contributed by atoms with Crippen molar-refractivity contribution >= 4 is 33.6 Å². The summed E-state index contributed by atoms with van der Waals surface area (Å²) >= 11 is 4.97. The minimum absolute atomic E-state index is 0.0188. The quantitative estimate of drug-likeness (QED) is 0.648. The summed E-state index contributed by atoms with van der Waals surface area (Å²) in [6.45, 7) is 5.54. The molecule has 1 N–H and O–H groups in total. The smallest absolute Gasteiger partial charge is 0.254 e. The lowest BCUT2D eigenvalue weighted by Gasteiger charge is -2.32. The van der Waals surface area contributed by atoms with Gasteiger partial charge in [0.05, 0.1) is 5.56 Å². The average molecular weight is 448 g/mol. The van der Waals surface area contributed by atoms with Crippen molar-refractivity contribution in [3.05, 3.63) is 52.6 Å². The number of aromatic nitrogens is 1. The molecule has 4 nitrogen and oxygen atoms in total. The van der Waals surface area contributed by atoms with Gasteiger partial charge in [0.25, 0.3) is 5.91 Å². The first-order valence-electron chi connectivity index (χ1n) is 9.57. The zero-order valence-corrected chi connectivity index (χ0v) is 18.1. The van der Waals surface area contributed by atoms with E-state index in [1.54, 1.807) is 6.20 Å². The molecule has 1 aliphatic rings. The lowest BCUT2D eigenvalue weighted by atomic mass is 10.0. The second kappa shape index (κ2) is 10.2. The summed E-state index contributed by atoms with van der Waals surface area (Å²) in [5.41, 5.74) is 0.652. The van der Waals surface area contributed by atoms with E-state index in [4.69, 9.17) is 0 Å².